The molecule has 14 rings (SSSR count). The van der Waals surface area contributed by atoms with Crippen LogP contribution in [0.25, 0.3) is 75.5 Å². The van der Waals surface area contributed by atoms with Gasteiger partial charge in [0.25, 0.3) is 0 Å². The maximum absolute atomic E-state index is 7.26. The fraction of sp³-hybridized carbons (Fsp3) is 0.0164. The molecule has 0 atom stereocenters. The van der Waals surface area contributed by atoms with Crippen LogP contribution in [-0.2, 0) is 5.41 Å². The second kappa shape index (κ2) is 13.9. The van der Waals surface area contributed by atoms with E-state index in [4.69, 9.17) is 9.15 Å². The van der Waals surface area contributed by atoms with Crippen LogP contribution in [0.1, 0.15) is 22.3 Å². The number of anilines is 3. The maximum Gasteiger partial charge on any atom is 0.140 e. The van der Waals surface area contributed by atoms with Gasteiger partial charge in [-0.15, -0.1) is 11.3 Å². The fourth-order valence-corrected chi connectivity index (χ4v) is 12.2. The van der Waals surface area contributed by atoms with Crippen molar-refractivity contribution in [3.8, 4) is 44.9 Å². The Labute approximate surface area is 379 Å². The Bertz CT molecular complexity index is 3840. The van der Waals surface area contributed by atoms with Gasteiger partial charge in [0.1, 0.15) is 22.7 Å². The van der Waals surface area contributed by atoms with Gasteiger partial charge in [-0.2, -0.15) is 0 Å². The second-order valence-electron chi connectivity index (χ2n) is 17.1. The number of benzene rings is 10. The van der Waals surface area contributed by atoms with Crippen molar-refractivity contribution in [3.63, 3.8) is 0 Å². The number of fused-ring (bicyclic) bond motifs is 15. The number of hydrogen-bond acceptors (Lipinski definition) is 4. The quantitative estimate of drug-likeness (QED) is 0.173. The standard InChI is InChI=1S/C61H37NO2S/c1-3-17-38(18-4-1)42-24-15-32-57-58(42)47-35-40(33-34-56(47)65-57)62(52-28-16-31-55-59(52)45-23-9-13-29-53(45)63-55)41-36-46(39-19-5-2-6-20-39)60-51(37-41)61(50-27-12-14-30-54(50)64-60)48-25-10-7-21-43(48)44-22-8-11-26-49(44)61/h1-37H. The SMILES string of the molecule is c1ccc(-c2cc(N(c3ccc4sc5cccc(-c6ccccc6)c5c4c3)c3cccc4oc5ccccc5c34)cc3c2Oc2ccccc2C32c3ccccc3-c3ccccc32)cc1. The summed E-state index contributed by atoms with van der Waals surface area (Å²) >= 11 is 1.85. The van der Waals surface area contributed by atoms with Crippen molar-refractivity contribution in [2.24, 2.45) is 0 Å². The molecule has 0 saturated heterocycles. The van der Waals surface area contributed by atoms with E-state index >= 15 is 0 Å². The van der Waals surface area contributed by atoms with Gasteiger partial charge in [-0.3, -0.25) is 0 Å². The van der Waals surface area contributed by atoms with Gasteiger partial charge in [-0.1, -0.05) is 164 Å². The van der Waals surface area contributed by atoms with Crippen LogP contribution >= 0.6 is 11.3 Å². The molecule has 0 saturated carbocycles. The smallest absolute Gasteiger partial charge is 0.140 e. The van der Waals surface area contributed by atoms with E-state index < -0.39 is 5.41 Å². The topological polar surface area (TPSA) is 25.6 Å². The lowest BCUT2D eigenvalue weighted by molar-refractivity contribution is 0.438. The highest BCUT2D eigenvalue weighted by Crippen LogP contribution is 2.64. The molecule has 1 aliphatic carbocycles. The summed E-state index contributed by atoms with van der Waals surface area (Å²) in [7, 11) is 0. The van der Waals surface area contributed by atoms with Crippen LogP contribution < -0.4 is 9.64 Å². The van der Waals surface area contributed by atoms with Crippen molar-refractivity contribution in [2.45, 2.75) is 5.41 Å². The minimum atomic E-state index is -0.672. The van der Waals surface area contributed by atoms with Gasteiger partial charge in [0.05, 0.1) is 16.5 Å². The lowest BCUT2D eigenvalue weighted by atomic mass is 9.65. The first-order chi connectivity index (χ1) is 32.2. The highest BCUT2D eigenvalue weighted by Gasteiger charge is 2.52. The van der Waals surface area contributed by atoms with E-state index in [1.54, 1.807) is 0 Å². The highest BCUT2D eigenvalue weighted by molar-refractivity contribution is 7.26. The molecule has 2 aromatic heterocycles. The zero-order valence-electron chi connectivity index (χ0n) is 35.0. The average molecular weight is 848 g/mol. The molecule has 3 heterocycles. The highest BCUT2D eigenvalue weighted by atomic mass is 32.1. The third-order valence-electron chi connectivity index (χ3n) is 13.7. The molecule has 12 aromatic rings. The molecule has 0 unspecified atom stereocenters. The molecule has 1 spiro atoms. The Kier molecular flexibility index (Phi) is 7.77. The molecule has 0 radical (unpaired) electrons. The number of furan rings is 1. The van der Waals surface area contributed by atoms with Gasteiger partial charge in [-0.05, 0) is 99.6 Å². The lowest BCUT2D eigenvalue weighted by Gasteiger charge is -2.41. The molecule has 3 nitrogen and oxygen atoms in total. The summed E-state index contributed by atoms with van der Waals surface area (Å²) in [5, 5.41) is 4.64. The summed E-state index contributed by atoms with van der Waals surface area (Å²) in [5.41, 5.74) is 15.9. The van der Waals surface area contributed by atoms with Crippen molar-refractivity contribution in [1.82, 2.24) is 0 Å². The summed E-state index contributed by atoms with van der Waals surface area (Å²) in [4.78, 5) is 2.46. The lowest BCUT2D eigenvalue weighted by Crippen LogP contribution is -2.32. The van der Waals surface area contributed by atoms with Crippen LogP contribution in [0.4, 0.5) is 17.1 Å². The normalized spacial score (nSPS) is 13.2. The minimum Gasteiger partial charge on any atom is -0.456 e. The van der Waals surface area contributed by atoms with Crippen molar-refractivity contribution in [1.29, 1.82) is 0 Å². The Morgan fingerprint density at radius 3 is 1.80 bits per heavy atom. The molecule has 0 N–H and O–H groups in total. The fourth-order valence-electron chi connectivity index (χ4n) is 11.1. The summed E-state index contributed by atoms with van der Waals surface area (Å²) in [6.07, 6.45) is 0. The van der Waals surface area contributed by atoms with Gasteiger partial charge in [0.2, 0.25) is 0 Å². The van der Waals surface area contributed by atoms with Gasteiger partial charge >= 0.3 is 0 Å². The van der Waals surface area contributed by atoms with Crippen molar-refractivity contribution in [2.75, 3.05) is 4.90 Å². The Balaban J connectivity index is 1.13. The van der Waals surface area contributed by atoms with Gasteiger partial charge in [0.15, 0.2) is 0 Å². The number of hydrogen-bond donors (Lipinski definition) is 0. The van der Waals surface area contributed by atoms with Gasteiger partial charge < -0.3 is 14.1 Å². The van der Waals surface area contributed by atoms with E-state index in [1.165, 1.54) is 53.6 Å². The molecule has 0 bridgehead atoms. The molecule has 0 fully saturated rings. The van der Waals surface area contributed by atoms with Crippen LogP contribution in [0.5, 0.6) is 11.5 Å². The second-order valence-corrected chi connectivity index (χ2v) is 18.2. The van der Waals surface area contributed by atoms with E-state index in [2.05, 4.69) is 223 Å². The first kappa shape index (κ1) is 36.3. The van der Waals surface area contributed by atoms with Crippen LogP contribution in [0.15, 0.2) is 229 Å². The molecular weight excluding hydrogens is 811 g/mol. The third kappa shape index (κ3) is 5.17. The predicted octanol–water partition coefficient (Wildman–Crippen LogP) is 17.2. The number of rotatable bonds is 5. The third-order valence-corrected chi connectivity index (χ3v) is 14.9. The minimum absolute atomic E-state index is 0.672. The molecule has 10 aromatic carbocycles. The summed E-state index contributed by atoms with van der Waals surface area (Å²) in [5.74, 6) is 1.73. The zero-order chi connectivity index (χ0) is 42.6. The van der Waals surface area contributed by atoms with Crippen LogP contribution in [-0.4, -0.2) is 0 Å². The van der Waals surface area contributed by atoms with Crippen molar-refractivity contribution >= 4 is 70.5 Å². The summed E-state index contributed by atoms with van der Waals surface area (Å²) in [6.45, 7) is 0. The number of thiophene rings is 1. The van der Waals surface area contributed by atoms with E-state index in [0.717, 1.165) is 72.8 Å². The van der Waals surface area contributed by atoms with Crippen molar-refractivity contribution < 1.29 is 9.15 Å². The number of ether oxygens (including phenoxy) is 1. The summed E-state index contributed by atoms with van der Waals surface area (Å²) in [6, 6.07) is 81.4. The Morgan fingerprint density at radius 2 is 1.02 bits per heavy atom. The average Bonchev–Trinajstić information content (AvgIpc) is 4.04. The van der Waals surface area contributed by atoms with Crippen LogP contribution in [0.2, 0.25) is 0 Å². The predicted molar refractivity (Wildman–Crippen MR) is 270 cm³/mol. The first-order valence-electron chi connectivity index (χ1n) is 22.2. The molecule has 304 valence electrons. The number of nitrogens with zero attached hydrogens (tertiary/aromatic N) is 1. The van der Waals surface area contributed by atoms with Crippen LogP contribution in [0.3, 0.4) is 0 Å². The molecular formula is C61H37NO2S. The molecule has 1 aliphatic heterocycles. The molecule has 4 heteroatoms. The van der Waals surface area contributed by atoms with Gasteiger partial charge in [0, 0.05) is 53.6 Å². The van der Waals surface area contributed by atoms with E-state index in [9.17, 15) is 0 Å². The molecule has 65 heavy (non-hydrogen) atoms. The van der Waals surface area contributed by atoms with E-state index in [-0.39, 0.29) is 0 Å². The molecule has 2 aliphatic rings. The number of para-hydroxylation sites is 2. The largest absolute Gasteiger partial charge is 0.456 e. The maximum atomic E-state index is 7.26. The Morgan fingerprint density at radius 1 is 0.385 bits per heavy atom. The zero-order valence-corrected chi connectivity index (χ0v) is 35.9. The van der Waals surface area contributed by atoms with Crippen molar-refractivity contribution in [3.05, 3.63) is 247 Å². The first-order valence-corrected chi connectivity index (χ1v) is 23.0. The monoisotopic (exact) mass is 847 g/mol. The van der Waals surface area contributed by atoms with E-state index in [0.29, 0.717) is 0 Å². The van der Waals surface area contributed by atoms with Crippen LogP contribution in [0, 0.1) is 0 Å². The molecule has 0 amide bonds. The van der Waals surface area contributed by atoms with E-state index in [1.807, 2.05) is 17.4 Å². The van der Waals surface area contributed by atoms with Gasteiger partial charge in [-0.25, -0.2) is 0 Å². The Hall–Kier alpha value is -8.18. The summed E-state index contributed by atoms with van der Waals surface area (Å²) < 4.78 is 16.4.